The summed E-state index contributed by atoms with van der Waals surface area (Å²) in [6.45, 7) is 3.43. The Kier molecular flexibility index (Phi) is 6.18. The van der Waals surface area contributed by atoms with Crippen LogP contribution >= 0.6 is 11.8 Å². The SMILES string of the molecule is O=C(C[C@H]1SC(N2CCCCC2)=NC1=O)Nc1cccc(C(=O)N2CCCC2)c1. The second-order valence-corrected chi connectivity index (χ2v) is 8.89. The number of likely N-dealkylation sites (tertiary alicyclic amines) is 2. The van der Waals surface area contributed by atoms with E-state index in [4.69, 9.17) is 0 Å². The maximum atomic E-state index is 12.5. The molecule has 2 fully saturated rings. The van der Waals surface area contributed by atoms with Gasteiger partial charge in [-0.15, -0.1) is 0 Å². The molecular formula is C21H26N4O3S. The Morgan fingerprint density at radius 2 is 1.79 bits per heavy atom. The first-order valence-electron chi connectivity index (χ1n) is 10.3. The second kappa shape index (κ2) is 8.98. The molecule has 1 atom stereocenters. The maximum absolute atomic E-state index is 12.5. The number of anilines is 1. The number of piperidine rings is 1. The third kappa shape index (κ3) is 4.80. The van der Waals surface area contributed by atoms with Gasteiger partial charge in [-0.05, 0) is 50.3 Å². The second-order valence-electron chi connectivity index (χ2n) is 7.72. The molecule has 1 aromatic rings. The standard InChI is InChI=1S/C21H26N4O3S/c26-18(14-17-19(27)23-21(29-17)25-11-2-1-3-12-25)22-16-8-6-7-15(13-16)20(28)24-9-4-5-10-24/h6-8,13,17H,1-5,9-12,14H2,(H,22,26)/t17-/m1/s1. The predicted molar refractivity (Wildman–Crippen MR) is 114 cm³/mol. The summed E-state index contributed by atoms with van der Waals surface area (Å²) in [5, 5.41) is 3.11. The Hall–Kier alpha value is -2.35. The van der Waals surface area contributed by atoms with E-state index in [1.54, 1.807) is 24.3 Å². The van der Waals surface area contributed by atoms with Crippen molar-refractivity contribution in [2.75, 3.05) is 31.5 Å². The molecule has 4 rings (SSSR count). The molecule has 0 aromatic heterocycles. The quantitative estimate of drug-likeness (QED) is 0.819. The molecule has 0 spiro atoms. The lowest BCUT2D eigenvalue weighted by atomic mass is 10.1. The zero-order valence-electron chi connectivity index (χ0n) is 16.4. The molecule has 8 heteroatoms. The third-order valence-corrected chi connectivity index (χ3v) is 6.73. The molecule has 2 saturated heterocycles. The van der Waals surface area contributed by atoms with E-state index in [9.17, 15) is 14.4 Å². The first-order valence-corrected chi connectivity index (χ1v) is 11.2. The van der Waals surface area contributed by atoms with Crippen LogP contribution in [0.2, 0.25) is 0 Å². The number of thioether (sulfide) groups is 1. The van der Waals surface area contributed by atoms with E-state index in [-0.39, 0.29) is 24.1 Å². The molecule has 154 valence electrons. The smallest absolute Gasteiger partial charge is 0.262 e. The van der Waals surface area contributed by atoms with Crippen LogP contribution in [-0.2, 0) is 9.59 Å². The molecule has 3 aliphatic heterocycles. The topological polar surface area (TPSA) is 82.1 Å². The highest BCUT2D eigenvalue weighted by atomic mass is 32.2. The summed E-state index contributed by atoms with van der Waals surface area (Å²) >= 11 is 1.39. The monoisotopic (exact) mass is 414 g/mol. The van der Waals surface area contributed by atoms with E-state index in [1.807, 2.05) is 4.90 Å². The van der Waals surface area contributed by atoms with Gasteiger partial charge in [-0.25, -0.2) is 0 Å². The molecule has 0 radical (unpaired) electrons. The Bertz CT molecular complexity index is 829. The summed E-state index contributed by atoms with van der Waals surface area (Å²) in [4.78, 5) is 45.4. The average molecular weight is 415 g/mol. The summed E-state index contributed by atoms with van der Waals surface area (Å²) in [5.74, 6) is -0.472. The maximum Gasteiger partial charge on any atom is 0.262 e. The highest BCUT2D eigenvalue weighted by Gasteiger charge is 2.33. The van der Waals surface area contributed by atoms with E-state index in [1.165, 1.54) is 18.2 Å². The van der Waals surface area contributed by atoms with Gasteiger partial charge in [0.2, 0.25) is 5.91 Å². The molecule has 0 aliphatic carbocycles. The molecule has 1 aromatic carbocycles. The van der Waals surface area contributed by atoms with Crippen LogP contribution in [0.15, 0.2) is 29.3 Å². The summed E-state index contributed by atoms with van der Waals surface area (Å²) in [5.41, 5.74) is 1.15. The number of hydrogen-bond donors (Lipinski definition) is 1. The van der Waals surface area contributed by atoms with Crippen molar-refractivity contribution < 1.29 is 14.4 Å². The lowest BCUT2D eigenvalue weighted by molar-refractivity contribution is -0.121. The molecule has 1 N–H and O–H groups in total. The third-order valence-electron chi connectivity index (χ3n) is 5.51. The highest BCUT2D eigenvalue weighted by Crippen LogP contribution is 2.29. The van der Waals surface area contributed by atoms with E-state index < -0.39 is 5.25 Å². The number of carbonyl (C=O) groups is 3. The molecule has 0 unspecified atom stereocenters. The normalized spacial score (nSPS) is 22.0. The number of benzene rings is 1. The number of nitrogens with one attached hydrogen (secondary N) is 1. The highest BCUT2D eigenvalue weighted by molar-refractivity contribution is 8.15. The summed E-state index contributed by atoms with van der Waals surface area (Å²) in [6.07, 6.45) is 5.60. The van der Waals surface area contributed by atoms with Crippen LogP contribution in [0.5, 0.6) is 0 Å². The summed E-state index contributed by atoms with van der Waals surface area (Å²) < 4.78 is 0. The lowest BCUT2D eigenvalue weighted by Gasteiger charge is -2.27. The van der Waals surface area contributed by atoms with Gasteiger partial charge in [0.25, 0.3) is 11.8 Å². The van der Waals surface area contributed by atoms with Crippen LogP contribution in [-0.4, -0.2) is 64.1 Å². The van der Waals surface area contributed by atoms with Gasteiger partial charge in [-0.3, -0.25) is 14.4 Å². The fourth-order valence-corrected chi connectivity index (χ4v) is 5.06. The van der Waals surface area contributed by atoms with Crippen molar-refractivity contribution in [3.63, 3.8) is 0 Å². The fourth-order valence-electron chi connectivity index (χ4n) is 3.94. The number of nitrogens with zero attached hydrogens (tertiary/aromatic N) is 3. The van der Waals surface area contributed by atoms with E-state index in [2.05, 4.69) is 15.2 Å². The Morgan fingerprint density at radius 3 is 2.55 bits per heavy atom. The van der Waals surface area contributed by atoms with Crippen LogP contribution in [0.4, 0.5) is 5.69 Å². The Labute approximate surface area is 174 Å². The van der Waals surface area contributed by atoms with Crippen molar-refractivity contribution in [3.8, 4) is 0 Å². The Morgan fingerprint density at radius 1 is 1.07 bits per heavy atom. The molecule has 3 heterocycles. The van der Waals surface area contributed by atoms with Gasteiger partial charge >= 0.3 is 0 Å². The number of aliphatic imine (C=N–C) groups is 1. The number of carbonyl (C=O) groups excluding carboxylic acids is 3. The molecule has 0 saturated carbocycles. The number of hydrogen-bond acceptors (Lipinski definition) is 5. The number of rotatable bonds is 4. The van der Waals surface area contributed by atoms with Crippen molar-refractivity contribution in [1.82, 2.24) is 9.80 Å². The summed E-state index contributed by atoms with van der Waals surface area (Å²) in [7, 11) is 0. The van der Waals surface area contributed by atoms with Gasteiger partial charge in [0, 0.05) is 43.9 Å². The van der Waals surface area contributed by atoms with Crippen molar-refractivity contribution >= 4 is 40.3 Å². The van der Waals surface area contributed by atoms with Crippen LogP contribution < -0.4 is 5.32 Å². The van der Waals surface area contributed by atoms with Gasteiger partial charge in [0.15, 0.2) is 5.17 Å². The molecule has 3 aliphatic rings. The zero-order valence-corrected chi connectivity index (χ0v) is 17.2. The predicted octanol–water partition coefficient (Wildman–Crippen LogP) is 2.74. The van der Waals surface area contributed by atoms with Crippen molar-refractivity contribution in [1.29, 1.82) is 0 Å². The Balaban J connectivity index is 1.32. The minimum Gasteiger partial charge on any atom is -0.351 e. The van der Waals surface area contributed by atoms with Gasteiger partial charge in [0.1, 0.15) is 5.25 Å². The number of amidine groups is 1. The van der Waals surface area contributed by atoms with E-state index in [0.29, 0.717) is 11.3 Å². The lowest BCUT2D eigenvalue weighted by Crippen LogP contribution is -2.33. The van der Waals surface area contributed by atoms with Gasteiger partial charge in [-0.2, -0.15) is 4.99 Å². The molecule has 0 bridgehead atoms. The van der Waals surface area contributed by atoms with Crippen molar-refractivity contribution in [2.24, 2.45) is 4.99 Å². The molecular weight excluding hydrogens is 388 g/mol. The van der Waals surface area contributed by atoms with Gasteiger partial charge < -0.3 is 15.1 Å². The fraction of sp³-hybridized carbons (Fsp3) is 0.524. The molecule has 29 heavy (non-hydrogen) atoms. The molecule has 7 nitrogen and oxygen atoms in total. The largest absolute Gasteiger partial charge is 0.351 e. The van der Waals surface area contributed by atoms with Crippen LogP contribution in [0.1, 0.15) is 48.9 Å². The van der Waals surface area contributed by atoms with Gasteiger partial charge in [-0.1, -0.05) is 17.8 Å². The first-order chi connectivity index (χ1) is 14.1. The van der Waals surface area contributed by atoms with E-state index in [0.717, 1.165) is 57.0 Å². The van der Waals surface area contributed by atoms with Crippen LogP contribution in [0.25, 0.3) is 0 Å². The average Bonchev–Trinajstić information content (AvgIpc) is 3.39. The van der Waals surface area contributed by atoms with Crippen LogP contribution in [0, 0.1) is 0 Å². The summed E-state index contributed by atoms with van der Waals surface area (Å²) in [6, 6.07) is 7.01. The first kappa shape index (κ1) is 19.9. The minimum atomic E-state index is -0.471. The molecule has 3 amide bonds. The number of amides is 3. The van der Waals surface area contributed by atoms with E-state index >= 15 is 0 Å². The zero-order chi connectivity index (χ0) is 20.2. The van der Waals surface area contributed by atoms with Gasteiger partial charge in [0.05, 0.1) is 0 Å². The van der Waals surface area contributed by atoms with Crippen molar-refractivity contribution in [2.45, 2.75) is 43.8 Å². The van der Waals surface area contributed by atoms with Crippen molar-refractivity contribution in [3.05, 3.63) is 29.8 Å². The minimum absolute atomic E-state index is 0.000279. The van der Waals surface area contributed by atoms with Crippen LogP contribution in [0.3, 0.4) is 0 Å².